The zero-order valence-electron chi connectivity index (χ0n) is 18.8. The largest absolute Gasteiger partial charge is 0.497 e. The first-order valence-corrected chi connectivity index (χ1v) is 11.8. The number of ether oxygens (including phenoxy) is 2. The molecule has 166 valence electrons. The van der Waals surface area contributed by atoms with Crippen LogP contribution < -0.4 is 9.47 Å². The van der Waals surface area contributed by atoms with E-state index >= 15 is 0 Å². The van der Waals surface area contributed by atoms with E-state index in [9.17, 15) is 8.42 Å². The number of rotatable bonds is 8. The Balaban J connectivity index is 1.76. The van der Waals surface area contributed by atoms with Crippen molar-refractivity contribution in [1.82, 2.24) is 0 Å². The van der Waals surface area contributed by atoms with Gasteiger partial charge < -0.3 is 9.47 Å². The fourth-order valence-electron chi connectivity index (χ4n) is 3.46. The van der Waals surface area contributed by atoms with Gasteiger partial charge in [0.15, 0.2) is 0 Å². The monoisotopic (exact) mass is 448 g/mol. The molecule has 0 aliphatic rings. The summed E-state index contributed by atoms with van der Waals surface area (Å²) in [5.41, 5.74) is 2.15. The Bertz CT molecular complexity index is 1200. The lowest BCUT2D eigenvalue weighted by Crippen LogP contribution is -2.18. The molecule has 0 heterocycles. The van der Waals surface area contributed by atoms with Crippen LogP contribution in [-0.2, 0) is 15.3 Å². The van der Waals surface area contributed by atoms with E-state index in [0.717, 1.165) is 11.3 Å². The van der Waals surface area contributed by atoms with Gasteiger partial charge in [0.25, 0.3) is 0 Å². The lowest BCUT2D eigenvalue weighted by atomic mass is 9.78. The first kappa shape index (κ1) is 23.4. The summed E-state index contributed by atoms with van der Waals surface area (Å²) >= 11 is 0. The molecule has 5 heteroatoms. The van der Waals surface area contributed by atoms with Crippen LogP contribution in [0, 0.1) is 0 Å². The molecule has 3 aromatic rings. The third-order valence-corrected chi connectivity index (χ3v) is 7.47. The van der Waals surface area contributed by atoms with Crippen molar-refractivity contribution in [2.75, 3.05) is 7.11 Å². The summed E-state index contributed by atoms with van der Waals surface area (Å²) in [6.07, 6.45) is 2.87. The molecule has 0 atom stereocenters. The normalized spacial score (nSPS) is 12.3. The van der Waals surface area contributed by atoms with E-state index in [4.69, 9.17) is 9.47 Å². The van der Waals surface area contributed by atoms with Crippen LogP contribution in [0.4, 0.5) is 0 Å². The fraction of sp³-hybridized carbons (Fsp3) is 0.185. The number of benzene rings is 3. The predicted octanol–water partition coefficient (Wildman–Crippen LogP) is 6.68. The molecule has 0 fully saturated rings. The first-order chi connectivity index (χ1) is 15.2. The second-order valence-corrected chi connectivity index (χ2v) is 9.80. The molecule has 0 saturated carbocycles. The summed E-state index contributed by atoms with van der Waals surface area (Å²) in [5.74, 6) is 2.07. The van der Waals surface area contributed by atoms with Crippen LogP contribution in [0.3, 0.4) is 0 Å². The number of methoxy groups -OCH3 is 1. The van der Waals surface area contributed by atoms with Crippen LogP contribution in [0.25, 0.3) is 0 Å². The maximum Gasteiger partial charge on any atom is 0.206 e. The van der Waals surface area contributed by atoms with Gasteiger partial charge >= 0.3 is 0 Å². The molecule has 0 aromatic heterocycles. The Morgan fingerprint density at radius 2 is 1.25 bits per heavy atom. The van der Waals surface area contributed by atoms with Gasteiger partial charge in [-0.05, 0) is 66.6 Å². The maximum atomic E-state index is 12.6. The molecule has 0 spiro atoms. The second kappa shape index (κ2) is 9.45. The molecule has 4 nitrogen and oxygen atoms in total. The first-order valence-electron chi connectivity index (χ1n) is 10.3. The van der Waals surface area contributed by atoms with Crippen molar-refractivity contribution in [3.8, 4) is 17.2 Å². The van der Waals surface area contributed by atoms with Crippen molar-refractivity contribution in [3.05, 3.63) is 108 Å². The number of hydrogen-bond donors (Lipinski definition) is 0. The molecule has 0 saturated heterocycles. The fourth-order valence-corrected chi connectivity index (χ4v) is 4.75. The highest BCUT2D eigenvalue weighted by Gasteiger charge is 2.23. The molecule has 0 N–H and O–H groups in total. The van der Waals surface area contributed by atoms with Crippen molar-refractivity contribution >= 4 is 9.84 Å². The van der Waals surface area contributed by atoms with Gasteiger partial charge in [-0.1, -0.05) is 56.8 Å². The second-order valence-electron chi connectivity index (χ2n) is 7.85. The summed E-state index contributed by atoms with van der Waals surface area (Å²) in [4.78, 5) is 0.385. The van der Waals surface area contributed by atoms with Crippen molar-refractivity contribution in [2.24, 2.45) is 0 Å². The van der Waals surface area contributed by atoms with Gasteiger partial charge in [-0.15, -0.1) is 0 Å². The molecule has 0 aliphatic carbocycles. The lowest BCUT2D eigenvalue weighted by molar-refractivity contribution is 0.414. The molecule has 3 aromatic carbocycles. The van der Waals surface area contributed by atoms with Gasteiger partial charge in [0.1, 0.15) is 17.2 Å². The van der Waals surface area contributed by atoms with Crippen LogP contribution in [-0.4, -0.2) is 15.5 Å². The summed E-state index contributed by atoms with van der Waals surface area (Å²) < 4.78 is 36.3. The smallest absolute Gasteiger partial charge is 0.206 e. The Morgan fingerprint density at radius 1 is 0.812 bits per heavy atom. The minimum absolute atomic E-state index is 0.182. The molecule has 3 rings (SSSR count). The Labute approximate surface area is 190 Å². The van der Waals surface area contributed by atoms with Crippen LogP contribution in [0.1, 0.15) is 31.9 Å². The average molecular weight is 449 g/mol. The van der Waals surface area contributed by atoms with Gasteiger partial charge in [0.2, 0.25) is 9.84 Å². The maximum absolute atomic E-state index is 12.6. The Morgan fingerprint density at radius 3 is 1.66 bits per heavy atom. The van der Waals surface area contributed by atoms with Crippen molar-refractivity contribution in [3.63, 3.8) is 0 Å². The topological polar surface area (TPSA) is 52.6 Å². The van der Waals surface area contributed by atoms with Gasteiger partial charge in [0.05, 0.1) is 16.9 Å². The van der Waals surface area contributed by atoms with E-state index in [-0.39, 0.29) is 15.2 Å². The van der Waals surface area contributed by atoms with E-state index < -0.39 is 9.84 Å². The summed E-state index contributed by atoms with van der Waals surface area (Å²) in [5, 5.41) is 0. The summed E-state index contributed by atoms with van der Waals surface area (Å²) in [6, 6.07) is 22.4. The van der Waals surface area contributed by atoms with E-state index in [0.29, 0.717) is 11.5 Å². The minimum Gasteiger partial charge on any atom is -0.497 e. The highest BCUT2D eigenvalue weighted by atomic mass is 32.2. The predicted molar refractivity (Wildman–Crippen MR) is 129 cm³/mol. The quantitative estimate of drug-likeness (QED) is 0.361. The highest BCUT2D eigenvalue weighted by Crippen LogP contribution is 2.34. The van der Waals surface area contributed by atoms with E-state index in [1.807, 2.05) is 36.4 Å². The Hall–Kier alpha value is -3.31. The number of hydrogen-bond acceptors (Lipinski definition) is 4. The third kappa shape index (κ3) is 4.78. The molecule has 0 aliphatic heterocycles. The van der Waals surface area contributed by atoms with Crippen molar-refractivity contribution in [2.45, 2.75) is 31.1 Å². The summed E-state index contributed by atoms with van der Waals surface area (Å²) in [7, 11) is -1.91. The van der Waals surface area contributed by atoms with E-state index in [2.05, 4.69) is 32.6 Å². The van der Waals surface area contributed by atoms with E-state index in [1.165, 1.54) is 17.7 Å². The standard InChI is InChI=1S/C27H28O4S/c1-6-25(7-2)32(28,29)26-18-16-24(17-19-26)31-23-14-10-21(11-15-23)27(3,4)20-8-12-22(30-5)13-9-20/h6-19H,1H2,2-5H3/b25-7+. The SMILES string of the molecule is C=C/C(=C\C)S(=O)(=O)c1ccc(Oc2ccc(C(C)(C)c3ccc(OC)cc3)cc2)cc1. The number of sulfone groups is 1. The Kier molecular flexibility index (Phi) is 6.90. The summed E-state index contributed by atoms with van der Waals surface area (Å²) in [6.45, 7) is 9.59. The highest BCUT2D eigenvalue weighted by molar-refractivity contribution is 7.95. The van der Waals surface area contributed by atoms with Crippen LogP contribution >= 0.6 is 0 Å². The average Bonchev–Trinajstić information content (AvgIpc) is 2.80. The minimum atomic E-state index is -3.56. The van der Waals surface area contributed by atoms with Crippen molar-refractivity contribution in [1.29, 1.82) is 0 Å². The molecular formula is C27H28O4S. The van der Waals surface area contributed by atoms with Crippen molar-refractivity contribution < 1.29 is 17.9 Å². The van der Waals surface area contributed by atoms with Crippen LogP contribution in [0.5, 0.6) is 17.2 Å². The molecule has 0 unspecified atom stereocenters. The van der Waals surface area contributed by atoms with Crippen LogP contribution in [0.15, 0.2) is 101 Å². The lowest BCUT2D eigenvalue weighted by Gasteiger charge is -2.26. The molecular weight excluding hydrogens is 420 g/mol. The zero-order valence-corrected chi connectivity index (χ0v) is 19.6. The van der Waals surface area contributed by atoms with E-state index in [1.54, 1.807) is 38.3 Å². The third-order valence-electron chi connectivity index (χ3n) is 5.55. The van der Waals surface area contributed by atoms with Gasteiger partial charge in [-0.2, -0.15) is 0 Å². The zero-order chi connectivity index (χ0) is 23.4. The molecule has 0 radical (unpaired) electrons. The molecule has 32 heavy (non-hydrogen) atoms. The van der Waals surface area contributed by atoms with Gasteiger partial charge in [0, 0.05) is 5.41 Å². The van der Waals surface area contributed by atoms with Gasteiger partial charge in [-0.3, -0.25) is 0 Å². The molecule has 0 bridgehead atoms. The number of allylic oxidation sites excluding steroid dienone is 2. The molecule has 0 amide bonds. The van der Waals surface area contributed by atoms with Gasteiger partial charge in [-0.25, -0.2) is 8.42 Å². The van der Waals surface area contributed by atoms with Crippen LogP contribution in [0.2, 0.25) is 0 Å².